The molecule has 0 aliphatic heterocycles. The first-order chi connectivity index (χ1) is 9.81. The van der Waals surface area contributed by atoms with E-state index in [2.05, 4.69) is 9.82 Å². The third-order valence-electron chi connectivity index (χ3n) is 2.96. The molecule has 1 aromatic heterocycles. The maximum absolute atomic E-state index is 12.3. The zero-order valence-electron chi connectivity index (χ0n) is 11.5. The summed E-state index contributed by atoms with van der Waals surface area (Å²) in [5.74, 6) is -1.27. The lowest BCUT2D eigenvalue weighted by molar-refractivity contribution is 0.0689. The van der Waals surface area contributed by atoms with Gasteiger partial charge in [-0.25, -0.2) is 17.9 Å². The van der Waals surface area contributed by atoms with Crippen molar-refractivity contribution >= 4 is 16.0 Å². The number of carboxylic acids is 1. The number of rotatable bonds is 5. The van der Waals surface area contributed by atoms with E-state index in [9.17, 15) is 13.2 Å². The molecule has 0 aliphatic rings. The Morgan fingerprint density at radius 1 is 1.33 bits per heavy atom. The highest BCUT2D eigenvalue weighted by Gasteiger charge is 2.24. The molecular weight excluding hydrogens is 294 g/mol. The summed E-state index contributed by atoms with van der Waals surface area (Å²) < 4.78 is 28.1. The van der Waals surface area contributed by atoms with Crippen molar-refractivity contribution < 1.29 is 18.3 Å². The molecule has 0 aliphatic carbocycles. The summed E-state index contributed by atoms with van der Waals surface area (Å²) in [7, 11) is -2.48. The Bertz CT molecular complexity index is 753. The number of aromatic carboxylic acids is 1. The maximum atomic E-state index is 12.3. The normalized spacial score (nSPS) is 13.0. The van der Waals surface area contributed by atoms with Crippen molar-refractivity contribution in [1.82, 2.24) is 14.5 Å². The van der Waals surface area contributed by atoms with Crippen LogP contribution in [0.4, 0.5) is 0 Å². The van der Waals surface area contributed by atoms with E-state index in [1.165, 1.54) is 7.05 Å². The fourth-order valence-electron chi connectivity index (χ4n) is 1.91. The number of hydrogen-bond acceptors (Lipinski definition) is 4. The van der Waals surface area contributed by atoms with Gasteiger partial charge in [0.25, 0.3) is 10.0 Å². The standard InChI is InChI=1S/C13H15N3O4S/c1-9(10-6-4-3-5-7-10)15-21(19,20)12-8-11(13(17)18)14-16(12)2/h3-9,15H,1-2H3,(H,17,18)/t9-/m1/s1. The second kappa shape index (κ2) is 5.66. The first-order valence-electron chi connectivity index (χ1n) is 6.16. The van der Waals surface area contributed by atoms with E-state index in [1.54, 1.807) is 19.1 Å². The van der Waals surface area contributed by atoms with Gasteiger partial charge in [0, 0.05) is 19.2 Å². The van der Waals surface area contributed by atoms with Crippen LogP contribution < -0.4 is 4.72 Å². The summed E-state index contributed by atoms with van der Waals surface area (Å²) in [4.78, 5) is 10.8. The Labute approximate surface area is 122 Å². The topological polar surface area (TPSA) is 101 Å². The molecule has 1 aromatic carbocycles. The first kappa shape index (κ1) is 15.2. The molecule has 8 heteroatoms. The van der Waals surface area contributed by atoms with Crippen LogP contribution in [0, 0.1) is 0 Å². The van der Waals surface area contributed by atoms with Gasteiger partial charge in [0.2, 0.25) is 0 Å². The number of hydrogen-bond donors (Lipinski definition) is 2. The summed E-state index contributed by atoms with van der Waals surface area (Å²) in [6.07, 6.45) is 0. The number of carboxylic acid groups (broad SMARTS) is 1. The highest BCUT2D eigenvalue weighted by Crippen LogP contribution is 2.17. The van der Waals surface area contributed by atoms with Gasteiger partial charge in [0.15, 0.2) is 10.7 Å². The van der Waals surface area contributed by atoms with Crippen LogP contribution >= 0.6 is 0 Å². The highest BCUT2D eigenvalue weighted by atomic mass is 32.2. The van der Waals surface area contributed by atoms with Gasteiger partial charge >= 0.3 is 5.97 Å². The van der Waals surface area contributed by atoms with Crippen LogP contribution in [0.2, 0.25) is 0 Å². The number of carbonyl (C=O) groups is 1. The summed E-state index contributed by atoms with van der Waals surface area (Å²) >= 11 is 0. The Hall–Kier alpha value is -2.19. The molecule has 21 heavy (non-hydrogen) atoms. The van der Waals surface area contributed by atoms with Crippen LogP contribution in [0.1, 0.15) is 29.0 Å². The van der Waals surface area contributed by atoms with Gasteiger partial charge in [0.1, 0.15) is 0 Å². The number of benzene rings is 1. The summed E-state index contributed by atoms with van der Waals surface area (Å²) in [5.41, 5.74) is 0.493. The molecule has 2 rings (SSSR count). The molecule has 2 aromatic rings. The number of sulfonamides is 1. The SMILES string of the molecule is C[C@@H](NS(=O)(=O)c1cc(C(=O)O)nn1C)c1ccccc1. The van der Waals surface area contributed by atoms with Gasteiger partial charge < -0.3 is 5.11 Å². The molecule has 0 spiro atoms. The minimum Gasteiger partial charge on any atom is -0.476 e. The molecule has 0 saturated heterocycles. The van der Waals surface area contributed by atoms with Gasteiger partial charge in [-0.1, -0.05) is 30.3 Å². The molecule has 7 nitrogen and oxygen atoms in total. The van der Waals surface area contributed by atoms with Crippen molar-refractivity contribution in [3.8, 4) is 0 Å². The minimum atomic E-state index is -3.86. The Balaban J connectivity index is 2.29. The number of nitrogens with one attached hydrogen (secondary N) is 1. The van der Waals surface area contributed by atoms with Crippen LogP contribution in [0.25, 0.3) is 0 Å². The van der Waals surface area contributed by atoms with Gasteiger partial charge in [0.05, 0.1) is 0 Å². The van der Waals surface area contributed by atoms with Crippen LogP contribution in [-0.4, -0.2) is 29.3 Å². The smallest absolute Gasteiger partial charge is 0.356 e. The molecule has 112 valence electrons. The molecular formula is C13H15N3O4S. The summed E-state index contributed by atoms with van der Waals surface area (Å²) in [5, 5.41) is 12.3. The van der Waals surface area contributed by atoms with Crippen molar-refractivity contribution in [1.29, 1.82) is 0 Å². The molecule has 0 radical (unpaired) electrons. The van der Waals surface area contributed by atoms with E-state index in [-0.39, 0.29) is 10.7 Å². The average molecular weight is 309 g/mol. The molecule has 2 N–H and O–H groups in total. The van der Waals surface area contributed by atoms with E-state index in [0.29, 0.717) is 0 Å². The largest absolute Gasteiger partial charge is 0.476 e. The van der Waals surface area contributed by atoms with Crippen LogP contribution in [0.15, 0.2) is 41.4 Å². The van der Waals surface area contributed by atoms with Crippen molar-refractivity contribution in [2.45, 2.75) is 18.0 Å². The zero-order valence-corrected chi connectivity index (χ0v) is 12.3. The third kappa shape index (κ3) is 3.29. The fraction of sp³-hybridized carbons (Fsp3) is 0.231. The van der Waals surface area contributed by atoms with Crippen LogP contribution in [0.5, 0.6) is 0 Å². The second-order valence-corrected chi connectivity index (χ2v) is 6.21. The zero-order chi connectivity index (χ0) is 15.6. The van der Waals surface area contributed by atoms with Gasteiger partial charge in [-0.15, -0.1) is 0 Å². The van der Waals surface area contributed by atoms with Gasteiger partial charge in [-0.05, 0) is 12.5 Å². The number of aromatic nitrogens is 2. The number of aryl methyl sites for hydroxylation is 1. The Kier molecular flexibility index (Phi) is 4.10. The molecule has 1 atom stereocenters. The molecule has 0 saturated carbocycles. The maximum Gasteiger partial charge on any atom is 0.356 e. The van der Waals surface area contributed by atoms with Gasteiger partial charge in [-0.3, -0.25) is 4.68 Å². The Morgan fingerprint density at radius 2 is 1.95 bits per heavy atom. The second-order valence-electron chi connectivity index (χ2n) is 4.55. The molecule has 0 unspecified atom stereocenters. The van der Waals surface area contributed by atoms with Crippen molar-refractivity contribution in [2.24, 2.45) is 7.05 Å². The minimum absolute atomic E-state index is 0.192. The van der Waals surface area contributed by atoms with E-state index >= 15 is 0 Å². The van der Waals surface area contributed by atoms with E-state index in [1.807, 2.05) is 18.2 Å². The van der Waals surface area contributed by atoms with Gasteiger partial charge in [-0.2, -0.15) is 5.10 Å². The third-order valence-corrected chi connectivity index (χ3v) is 4.56. The van der Waals surface area contributed by atoms with Crippen molar-refractivity contribution in [2.75, 3.05) is 0 Å². The predicted molar refractivity (Wildman–Crippen MR) is 75.3 cm³/mol. The first-order valence-corrected chi connectivity index (χ1v) is 7.64. The lowest BCUT2D eigenvalue weighted by Crippen LogP contribution is -2.28. The van der Waals surface area contributed by atoms with E-state index < -0.39 is 22.0 Å². The average Bonchev–Trinajstić information content (AvgIpc) is 2.82. The number of nitrogens with zero attached hydrogens (tertiary/aromatic N) is 2. The summed E-state index contributed by atoms with van der Waals surface area (Å²) in [6, 6.07) is 9.66. The van der Waals surface area contributed by atoms with Crippen molar-refractivity contribution in [3.05, 3.63) is 47.7 Å². The summed E-state index contributed by atoms with van der Waals surface area (Å²) in [6.45, 7) is 1.71. The quantitative estimate of drug-likeness (QED) is 0.863. The Morgan fingerprint density at radius 3 is 2.48 bits per heavy atom. The fourth-order valence-corrected chi connectivity index (χ4v) is 3.29. The molecule has 0 fully saturated rings. The lowest BCUT2D eigenvalue weighted by Gasteiger charge is -2.14. The highest BCUT2D eigenvalue weighted by molar-refractivity contribution is 7.89. The predicted octanol–water partition coefficient (Wildman–Crippen LogP) is 1.16. The van der Waals surface area contributed by atoms with E-state index in [0.717, 1.165) is 16.3 Å². The monoisotopic (exact) mass is 309 g/mol. The lowest BCUT2D eigenvalue weighted by atomic mass is 10.1. The van der Waals surface area contributed by atoms with Crippen LogP contribution in [0.3, 0.4) is 0 Å². The van der Waals surface area contributed by atoms with Crippen LogP contribution in [-0.2, 0) is 17.1 Å². The molecule has 0 bridgehead atoms. The molecule has 0 amide bonds. The van der Waals surface area contributed by atoms with E-state index in [4.69, 9.17) is 5.11 Å². The van der Waals surface area contributed by atoms with Crippen molar-refractivity contribution in [3.63, 3.8) is 0 Å². The molecule has 1 heterocycles.